The van der Waals surface area contributed by atoms with Gasteiger partial charge in [0.05, 0.1) is 18.6 Å². The highest BCUT2D eigenvalue weighted by molar-refractivity contribution is 7.99. The van der Waals surface area contributed by atoms with Gasteiger partial charge in [0.15, 0.2) is 5.82 Å². The van der Waals surface area contributed by atoms with E-state index in [1.807, 2.05) is 11.8 Å². The molecular weight excluding hydrogens is 388 g/mol. The molecule has 1 fully saturated rings. The molecule has 0 spiro atoms. The Kier molecular flexibility index (Phi) is 6.47. The van der Waals surface area contributed by atoms with Gasteiger partial charge in [0, 0.05) is 22.1 Å². The van der Waals surface area contributed by atoms with Crippen LogP contribution in [-0.2, 0) is 11.3 Å². The molecule has 5 nitrogen and oxygen atoms in total. The number of anilines is 1. The number of benzene rings is 1. The quantitative estimate of drug-likeness (QED) is 0.459. The van der Waals surface area contributed by atoms with E-state index >= 15 is 0 Å². The molecule has 4 rings (SSSR count). The monoisotopic (exact) mass is 415 g/mol. The molecule has 7 heteroatoms. The molecule has 0 saturated carbocycles. The van der Waals surface area contributed by atoms with Crippen molar-refractivity contribution < 1.29 is 9.64 Å². The van der Waals surface area contributed by atoms with Crippen LogP contribution in [0.5, 0.6) is 0 Å². The smallest absolute Gasteiger partial charge is 0.187 e. The number of thioether (sulfide) groups is 1. The lowest BCUT2D eigenvalue weighted by atomic mass is 10.2. The Hall–Kier alpha value is -1.67. The Labute approximate surface area is 174 Å². The van der Waals surface area contributed by atoms with Crippen LogP contribution in [0, 0.1) is 13.8 Å². The molecule has 28 heavy (non-hydrogen) atoms. The molecule has 3 heterocycles. The summed E-state index contributed by atoms with van der Waals surface area (Å²) in [6.07, 6.45) is 0. The highest BCUT2D eigenvalue weighted by atomic mass is 32.2. The molecule has 2 aromatic heterocycles. The first-order chi connectivity index (χ1) is 13.7. The molecule has 2 N–H and O–H groups in total. The van der Waals surface area contributed by atoms with Crippen LogP contribution in [0.2, 0.25) is 0 Å². The second kappa shape index (κ2) is 9.22. The van der Waals surface area contributed by atoms with Crippen molar-refractivity contribution in [2.45, 2.75) is 25.3 Å². The van der Waals surface area contributed by atoms with Gasteiger partial charge in [0.25, 0.3) is 0 Å². The third kappa shape index (κ3) is 4.66. The molecule has 0 atom stereocenters. The van der Waals surface area contributed by atoms with Crippen LogP contribution in [-0.4, -0.2) is 48.6 Å². The fraction of sp³-hybridized carbons (Fsp3) is 0.429. The maximum absolute atomic E-state index is 5.48. The van der Waals surface area contributed by atoms with Crippen molar-refractivity contribution in [1.82, 2.24) is 9.97 Å². The van der Waals surface area contributed by atoms with Crippen molar-refractivity contribution in [3.05, 3.63) is 46.6 Å². The highest BCUT2D eigenvalue weighted by Gasteiger charge is 2.19. The minimum Gasteiger partial charge on any atom is -0.370 e. The average Bonchev–Trinajstić information content (AvgIpc) is 3.00. The molecule has 0 unspecified atom stereocenters. The molecule has 1 aliphatic rings. The van der Waals surface area contributed by atoms with Gasteiger partial charge in [-0.2, -0.15) is 0 Å². The number of aryl methyl sites for hydroxylation is 2. The summed E-state index contributed by atoms with van der Waals surface area (Å²) in [4.78, 5) is 15.0. The average molecular weight is 416 g/mol. The summed E-state index contributed by atoms with van der Waals surface area (Å²) in [7, 11) is 0. The predicted octanol–water partition coefficient (Wildman–Crippen LogP) is 2.93. The van der Waals surface area contributed by atoms with Gasteiger partial charge in [0.1, 0.15) is 30.3 Å². The lowest BCUT2D eigenvalue weighted by Crippen LogP contribution is -3.12. The van der Waals surface area contributed by atoms with Gasteiger partial charge in [0.2, 0.25) is 0 Å². The zero-order valence-corrected chi connectivity index (χ0v) is 18.1. The van der Waals surface area contributed by atoms with Crippen LogP contribution >= 0.6 is 23.1 Å². The largest absolute Gasteiger partial charge is 0.370 e. The first-order valence-corrected chi connectivity index (χ1v) is 11.6. The number of nitrogens with zero attached hydrogens (tertiary/aromatic N) is 2. The summed E-state index contributed by atoms with van der Waals surface area (Å²) in [6, 6.07) is 10.5. The standard InChI is InChI=1S/C21H26N4OS2/c1-15-16(2)28-21-19(15)20(22-8-13-27-17-6-4-3-5-7-17)23-18(24-21)14-25-9-11-26-12-10-25/h3-7H,8-14H2,1-2H3,(H,22,23,24)/p+1. The second-order valence-electron chi connectivity index (χ2n) is 7.08. The molecule has 1 aliphatic heterocycles. The third-order valence-corrected chi connectivity index (χ3v) is 7.20. The maximum Gasteiger partial charge on any atom is 0.187 e. The normalized spacial score (nSPS) is 15.2. The lowest BCUT2D eigenvalue weighted by molar-refractivity contribution is -0.922. The van der Waals surface area contributed by atoms with Crippen LogP contribution < -0.4 is 10.2 Å². The highest BCUT2D eigenvalue weighted by Crippen LogP contribution is 2.33. The zero-order valence-electron chi connectivity index (χ0n) is 16.5. The number of aromatic nitrogens is 2. The number of hydrogen-bond acceptors (Lipinski definition) is 6. The molecule has 1 saturated heterocycles. The first kappa shape index (κ1) is 19.6. The molecular formula is C21H27N4OS2+. The van der Waals surface area contributed by atoms with Crippen LogP contribution in [0.3, 0.4) is 0 Å². The molecule has 148 valence electrons. The Morgan fingerprint density at radius 1 is 1.14 bits per heavy atom. The molecule has 0 radical (unpaired) electrons. The molecule has 1 aromatic carbocycles. The Morgan fingerprint density at radius 3 is 2.71 bits per heavy atom. The van der Waals surface area contributed by atoms with Crippen molar-refractivity contribution in [3.63, 3.8) is 0 Å². The van der Waals surface area contributed by atoms with E-state index < -0.39 is 0 Å². The Bertz CT molecular complexity index is 923. The van der Waals surface area contributed by atoms with Crippen molar-refractivity contribution in [2.75, 3.05) is 43.9 Å². The van der Waals surface area contributed by atoms with E-state index in [4.69, 9.17) is 14.7 Å². The number of ether oxygens (including phenoxy) is 1. The number of rotatable bonds is 7. The van der Waals surface area contributed by atoms with Gasteiger partial charge < -0.3 is 15.0 Å². The number of quaternary nitrogens is 1. The van der Waals surface area contributed by atoms with Crippen molar-refractivity contribution >= 4 is 39.1 Å². The SMILES string of the molecule is Cc1sc2nc(C[NH+]3CCOCC3)nc(NCCSc3ccccc3)c2c1C. The summed E-state index contributed by atoms with van der Waals surface area (Å²) in [6.45, 7) is 9.80. The van der Waals surface area contributed by atoms with Gasteiger partial charge in [-0.25, -0.2) is 9.97 Å². The number of hydrogen-bond donors (Lipinski definition) is 2. The van der Waals surface area contributed by atoms with Gasteiger partial charge >= 0.3 is 0 Å². The number of thiophene rings is 1. The summed E-state index contributed by atoms with van der Waals surface area (Å²) >= 11 is 3.64. The van der Waals surface area contributed by atoms with Crippen molar-refractivity contribution in [1.29, 1.82) is 0 Å². The Morgan fingerprint density at radius 2 is 1.93 bits per heavy atom. The molecule has 0 bridgehead atoms. The van der Waals surface area contributed by atoms with Gasteiger partial charge in [-0.05, 0) is 31.5 Å². The minimum absolute atomic E-state index is 0.830. The van der Waals surface area contributed by atoms with Gasteiger partial charge in [-0.3, -0.25) is 0 Å². The van der Waals surface area contributed by atoms with E-state index in [1.54, 1.807) is 11.3 Å². The van der Waals surface area contributed by atoms with E-state index in [9.17, 15) is 0 Å². The van der Waals surface area contributed by atoms with Crippen molar-refractivity contribution in [3.8, 4) is 0 Å². The molecule has 0 amide bonds. The topological polar surface area (TPSA) is 51.5 Å². The maximum atomic E-state index is 5.48. The fourth-order valence-electron chi connectivity index (χ4n) is 3.42. The Balaban J connectivity index is 1.49. The number of nitrogens with one attached hydrogen (secondary N) is 2. The van der Waals surface area contributed by atoms with Crippen LogP contribution in [0.4, 0.5) is 5.82 Å². The minimum atomic E-state index is 0.830. The second-order valence-corrected chi connectivity index (χ2v) is 9.45. The van der Waals surface area contributed by atoms with E-state index in [-0.39, 0.29) is 0 Å². The molecule has 0 aliphatic carbocycles. The van der Waals surface area contributed by atoms with Gasteiger partial charge in [-0.1, -0.05) is 18.2 Å². The summed E-state index contributed by atoms with van der Waals surface area (Å²) in [5, 5.41) is 4.78. The predicted molar refractivity (Wildman–Crippen MR) is 118 cm³/mol. The van der Waals surface area contributed by atoms with Crippen molar-refractivity contribution in [2.24, 2.45) is 0 Å². The summed E-state index contributed by atoms with van der Waals surface area (Å²) in [5.74, 6) is 2.92. The van der Waals surface area contributed by atoms with E-state index in [0.29, 0.717) is 0 Å². The van der Waals surface area contributed by atoms with E-state index in [0.717, 1.165) is 61.6 Å². The number of morpholine rings is 1. The van der Waals surface area contributed by atoms with Crippen LogP contribution in [0.15, 0.2) is 35.2 Å². The van der Waals surface area contributed by atoms with Gasteiger partial charge in [-0.15, -0.1) is 23.1 Å². The summed E-state index contributed by atoms with van der Waals surface area (Å²) < 4.78 is 5.48. The zero-order chi connectivity index (χ0) is 19.3. The fourth-order valence-corrected chi connectivity index (χ4v) is 5.25. The first-order valence-electron chi connectivity index (χ1n) is 9.80. The lowest BCUT2D eigenvalue weighted by Gasteiger charge is -2.23. The van der Waals surface area contributed by atoms with Crippen LogP contribution in [0.1, 0.15) is 16.3 Å². The van der Waals surface area contributed by atoms with Crippen LogP contribution in [0.25, 0.3) is 10.2 Å². The van der Waals surface area contributed by atoms with E-state index in [2.05, 4.69) is 49.5 Å². The third-order valence-electron chi connectivity index (χ3n) is 5.09. The summed E-state index contributed by atoms with van der Waals surface area (Å²) in [5.41, 5.74) is 1.29. The van der Waals surface area contributed by atoms with E-state index in [1.165, 1.54) is 25.6 Å². The number of fused-ring (bicyclic) bond motifs is 1. The molecule has 3 aromatic rings.